The van der Waals surface area contributed by atoms with E-state index in [1.54, 1.807) is 7.05 Å². The van der Waals surface area contributed by atoms with E-state index in [0.717, 1.165) is 25.9 Å². The minimum absolute atomic E-state index is 0.0293. The predicted molar refractivity (Wildman–Crippen MR) is 76.2 cm³/mol. The molecule has 0 aliphatic carbocycles. The van der Waals surface area contributed by atoms with Gasteiger partial charge in [-0.2, -0.15) is 0 Å². The van der Waals surface area contributed by atoms with Gasteiger partial charge in [-0.15, -0.1) is 0 Å². The van der Waals surface area contributed by atoms with Crippen molar-refractivity contribution in [2.75, 3.05) is 13.1 Å². The van der Waals surface area contributed by atoms with Gasteiger partial charge in [0.2, 0.25) is 5.03 Å². The third kappa shape index (κ3) is 2.47. The van der Waals surface area contributed by atoms with Gasteiger partial charge in [-0.1, -0.05) is 18.0 Å². The van der Waals surface area contributed by atoms with E-state index in [1.165, 1.54) is 23.7 Å². The van der Waals surface area contributed by atoms with Crippen LogP contribution >= 0.6 is 11.6 Å². The highest BCUT2D eigenvalue weighted by Crippen LogP contribution is 2.28. The molecule has 0 unspecified atom stereocenters. The van der Waals surface area contributed by atoms with Crippen LogP contribution in [0.2, 0.25) is 5.15 Å². The number of rotatable bonds is 3. The molecule has 8 heteroatoms. The summed E-state index contributed by atoms with van der Waals surface area (Å²) < 4.78 is 29.1. The maximum atomic E-state index is 12.4. The quantitative estimate of drug-likeness (QED) is 0.902. The Labute approximate surface area is 124 Å². The van der Waals surface area contributed by atoms with Gasteiger partial charge >= 0.3 is 0 Å². The second-order valence-corrected chi connectivity index (χ2v) is 7.55. The number of sulfonamides is 1. The lowest BCUT2D eigenvalue weighted by Crippen LogP contribution is -2.46. The first-order valence-corrected chi connectivity index (χ1v) is 8.78. The number of piperidine rings is 1. The van der Waals surface area contributed by atoms with Crippen molar-refractivity contribution in [3.05, 3.63) is 11.5 Å². The Morgan fingerprint density at radius 1 is 1.35 bits per heavy atom. The Hall–Kier alpha value is -0.630. The normalized spacial score (nSPS) is 27.7. The smallest absolute Gasteiger partial charge is 0.261 e. The molecule has 0 aromatic carbocycles. The molecule has 0 bridgehead atoms. The number of imidazole rings is 1. The average molecular weight is 319 g/mol. The van der Waals surface area contributed by atoms with Crippen LogP contribution in [0.5, 0.6) is 0 Å². The third-order valence-corrected chi connectivity index (χ3v) is 6.23. The van der Waals surface area contributed by atoms with Crippen molar-refractivity contribution in [1.29, 1.82) is 0 Å². The molecule has 20 heavy (non-hydrogen) atoms. The lowest BCUT2D eigenvalue weighted by molar-refractivity contribution is 0.186. The van der Waals surface area contributed by atoms with Crippen molar-refractivity contribution in [3.63, 3.8) is 0 Å². The number of hydrogen-bond donors (Lipinski definition) is 1. The summed E-state index contributed by atoms with van der Waals surface area (Å²) in [6, 6.07) is 0.291. The van der Waals surface area contributed by atoms with E-state index in [0.29, 0.717) is 6.04 Å². The Morgan fingerprint density at radius 3 is 2.85 bits per heavy atom. The van der Waals surface area contributed by atoms with Crippen LogP contribution in [0.4, 0.5) is 0 Å². The molecule has 6 nitrogen and oxygen atoms in total. The fraction of sp³-hybridized carbons (Fsp3) is 0.750. The molecule has 2 atom stereocenters. The van der Waals surface area contributed by atoms with Gasteiger partial charge in [0.1, 0.15) is 5.15 Å². The Morgan fingerprint density at radius 2 is 2.15 bits per heavy atom. The van der Waals surface area contributed by atoms with E-state index in [-0.39, 0.29) is 16.2 Å². The molecule has 1 aromatic rings. The van der Waals surface area contributed by atoms with E-state index in [4.69, 9.17) is 11.6 Å². The zero-order valence-electron chi connectivity index (χ0n) is 11.4. The van der Waals surface area contributed by atoms with Gasteiger partial charge < -0.3 is 4.57 Å². The van der Waals surface area contributed by atoms with Gasteiger partial charge in [0.15, 0.2) is 0 Å². The zero-order valence-corrected chi connectivity index (χ0v) is 13.0. The number of fused-ring (bicyclic) bond motifs is 1. The molecule has 3 heterocycles. The maximum Gasteiger partial charge on any atom is 0.261 e. The minimum Gasteiger partial charge on any atom is -0.324 e. The molecule has 112 valence electrons. The largest absolute Gasteiger partial charge is 0.324 e. The van der Waals surface area contributed by atoms with Crippen molar-refractivity contribution in [1.82, 2.24) is 19.2 Å². The minimum atomic E-state index is -3.64. The van der Waals surface area contributed by atoms with Gasteiger partial charge in [-0.25, -0.2) is 18.1 Å². The SMILES string of the molecule is Cn1cnc(S(=O)(=O)N[C@H]2CCN3CCCC[C@@H]23)c1Cl. The van der Waals surface area contributed by atoms with Gasteiger partial charge in [0, 0.05) is 25.7 Å². The summed E-state index contributed by atoms with van der Waals surface area (Å²) in [4.78, 5) is 6.29. The molecule has 1 aromatic heterocycles. The Balaban J connectivity index is 1.78. The van der Waals surface area contributed by atoms with Gasteiger partial charge in [0.05, 0.1) is 6.33 Å². The summed E-state index contributed by atoms with van der Waals surface area (Å²) in [5.74, 6) is 0. The molecule has 0 radical (unpaired) electrons. The first-order chi connectivity index (χ1) is 9.49. The molecule has 2 fully saturated rings. The van der Waals surface area contributed by atoms with Crippen LogP contribution in [-0.4, -0.2) is 48.0 Å². The number of hydrogen-bond acceptors (Lipinski definition) is 4. The molecule has 2 aliphatic heterocycles. The monoisotopic (exact) mass is 318 g/mol. The van der Waals surface area contributed by atoms with Crippen molar-refractivity contribution >= 4 is 21.6 Å². The number of aryl methyl sites for hydroxylation is 1. The van der Waals surface area contributed by atoms with E-state index in [2.05, 4.69) is 14.6 Å². The van der Waals surface area contributed by atoms with E-state index in [9.17, 15) is 8.42 Å². The van der Waals surface area contributed by atoms with Crippen molar-refractivity contribution < 1.29 is 8.42 Å². The van der Waals surface area contributed by atoms with Crippen LogP contribution in [-0.2, 0) is 17.1 Å². The molecular weight excluding hydrogens is 300 g/mol. The second kappa shape index (κ2) is 5.29. The maximum absolute atomic E-state index is 12.4. The standard InChI is InChI=1S/C12H19ClN4O2S/c1-16-8-14-12(11(16)13)20(18,19)15-9-5-7-17-6-3-2-4-10(9)17/h8-10,15H,2-7H2,1H3/t9-,10-/m0/s1. The number of halogens is 1. The van der Waals surface area contributed by atoms with Crippen LogP contribution in [0, 0.1) is 0 Å². The Bertz CT molecular complexity index is 601. The molecule has 3 rings (SSSR count). The number of nitrogens with one attached hydrogen (secondary N) is 1. The van der Waals surface area contributed by atoms with E-state index in [1.807, 2.05) is 0 Å². The summed E-state index contributed by atoms with van der Waals surface area (Å²) in [6.07, 6.45) is 5.71. The molecule has 2 saturated heterocycles. The van der Waals surface area contributed by atoms with Crippen molar-refractivity contribution in [3.8, 4) is 0 Å². The van der Waals surface area contributed by atoms with E-state index < -0.39 is 10.0 Å². The number of aromatic nitrogens is 2. The summed E-state index contributed by atoms with van der Waals surface area (Å²) in [7, 11) is -1.97. The number of nitrogens with zero attached hydrogens (tertiary/aromatic N) is 3. The molecule has 2 aliphatic rings. The lowest BCUT2D eigenvalue weighted by atomic mass is 10.00. The van der Waals surface area contributed by atoms with Crippen LogP contribution in [0.15, 0.2) is 11.4 Å². The molecule has 1 N–H and O–H groups in total. The molecule has 0 amide bonds. The second-order valence-electron chi connectivity index (χ2n) is 5.57. The Kier molecular flexibility index (Phi) is 3.79. The zero-order chi connectivity index (χ0) is 14.3. The fourth-order valence-corrected chi connectivity index (χ4v) is 4.95. The highest BCUT2D eigenvalue weighted by atomic mass is 35.5. The van der Waals surface area contributed by atoms with Gasteiger partial charge in [-0.3, -0.25) is 4.90 Å². The van der Waals surface area contributed by atoms with Crippen molar-refractivity contribution in [2.45, 2.75) is 42.8 Å². The first-order valence-electron chi connectivity index (χ1n) is 6.92. The summed E-state index contributed by atoms with van der Waals surface area (Å²) >= 11 is 5.99. The summed E-state index contributed by atoms with van der Waals surface area (Å²) in [5.41, 5.74) is 0. The molecular formula is C12H19ClN4O2S. The third-order valence-electron chi connectivity index (χ3n) is 4.25. The van der Waals surface area contributed by atoms with E-state index >= 15 is 0 Å². The summed E-state index contributed by atoms with van der Waals surface area (Å²) in [5, 5.41) is 0.0759. The average Bonchev–Trinajstić information content (AvgIpc) is 2.96. The predicted octanol–water partition coefficient (Wildman–Crippen LogP) is 0.979. The van der Waals surface area contributed by atoms with Crippen LogP contribution in [0.1, 0.15) is 25.7 Å². The molecule has 0 spiro atoms. The lowest BCUT2D eigenvalue weighted by Gasteiger charge is -2.32. The highest BCUT2D eigenvalue weighted by Gasteiger charge is 2.38. The van der Waals surface area contributed by atoms with Crippen molar-refractivity contribution in [2.24, 2.45) is 7.05 Å². The van der Waals surface area contributed by atoms with Crippen LogP contribution < -0.4 is 4.72 Å². The van der Waals surface area contributed by atoms with Gasteiger partial charge in [-0.05, 0) is 25.8 Å². The molecule has 0 saturated carbocycles. The first kappa shape index (κ1) is 14.3. The van der Waals surface area contributed by atoms with Gasteiger partial charge in [0.25, 0.3) is 10.0 Å². The van der Waals surface area contributed by atoms with Crippen LogP contribution in [0.3, 0.4) is 0 Å². The summed E-state index contributed by atoms with van der Waals surface area (Å²) in [6.45, 7) is 2.04. The fourth-order valence-electron chi connectivity index (χ4n) is 3.21. The highest BCUT2D eigenvalue weighted by molar-refractivity contribution is 7.89. The van der Waals surface area contributed by atoms with Crippen LogP contribution in [0.25, 0.3) is 0 Å². The topological polar surface area (TPSA) is 67.2 Å².